The number of hydrogen-bond acceptors (Lipinski definition) is 4. The zero-order chi connectivity index (χ0) is 29.6. The van der Waals surface area contributed by atoms with Crippen molar-refractivity contribution in [3.8, 4) is 0 Å². The molecular formula is C31H38ClN3O4S. The molecule has 0 spiro atoms. The molecule has 3 aromatic rings. The molecule has 0 saturated heterocycles. The van der Waals surface area contributed by atoms with Gasteiger partial charge in [-0.15, -0.1) is 0 Å². The van der Waals surface area contributed by atoms with Crippen molar-refractivity contribution < 1.29 is 18.0 Å². The van der Waals surface area contributed by atoms with Gasteiger partial charge in [-0.1, -0.05) is 66.6 Å². The van der Waals surface area contributed by atoms with Crippen LogP contribution >= 0.6 is 11.6 Å². The van der Waals surface area contributed by atoms with Crippen LogP contribution in [0.2, 0.25) is 5.02 Å². The second kappa shape index (κ2) is 13.3. The molecular weight excluding hydrogens is 546 g/mol. The minimum Gasteiger partial charge on any atom is -0.352 e. The number of aryl methyl sites for hydroxylation is 2. The van der Waals surface area contributed by atoms with Gasteiger partial charge < -0.3 is 10.2 Å². The Bertz CT molecular complexity index is 1460. The molecule has 2 unspecified atom stereocenters. The van der Waals surface area contributed by atoms with Crippen molar-refractivity contribution in [2.24, 2.45) is 0 Å². The van der Waals surface area contributed by atoms with E-state index in [0.717, 1.165) is 27.4 Å². The molecule has 0 aliphatic rings. The predicted octanol–water partition coefficient (Wildman–Crippen LogP) is 5.79. The van der Waals surface area contributed by atoms with Gasteiger partial charge in [-0.25, -0.2) is 8.42 Å². The first-order valence-corrected chi connectivity index (χ1v) is 15.2. The second-order valence-corrected chi connectivity index (χ2v) is 12.4. The van der Waals surface area contributed by atoms with Crippen molar-refractivity contribution in [1.29, 1.82) is 0 Å². The number of hydrogen-bond donors (Lipinski definition) is 1. The van der Waals surface area contributed by atoms with Gasteiger partial charge in [-0.2, -0.15) is 0 Å². The minimum absolute atomic E-state index is 0.0540. The summed E-state index contributed by atoms with van der Waals surface area (Å²) in [5.74, 6) is -0.812. The molecule has 0 bridgehead atoms. The molecule has 7 nitrogen and oxygen atoms in total. The lowest BCUT2D eigenvalue weighted by atomic mass is 10.1. The van der Waals surface area contributed by atoms with Crippen molar-refractivity contribution in [2.45, 2.75) is 71.5 Å². The van der Waals surface area contributed by atoms with Gasteiger partial charge in [0.25, 0.3) is 10.0 Å². The van der Waals surface area contributed by atoms with Crippen molar-refractivity contribution in [3.05, 3.63) is 94.0 Å². The van der Waals surface area contributed by atoms with Gasteiger partial charge in [-0.3, -0.25) is 13.9 Å². The summed E-state index contributed by atoms with van der Waals surface area (Å²) in [5.41, 5.74) is 3.57. The molecule has 3 aromatic carbocycles. The Kier molecular flexibility index (Phi) is 10.4. The van der Waals surface area contributed by atoms with Gasteiger partial charge in [0.15, 0.2) is 0 Å². The number of halogens is 1. The highest BCUT2D eigenvalue weighted by Gasteiger charge is 2.33. The van der Waals surface area contributed by atoms with E-state index in [4.69, 9.17) is 11.6 Å². The number of nitrogens with zero attached hydrogens (tertiary/aromatic N) is 2. The van der Waals surface area contributed by atoms with Gasteiger partial charge in [0.2, 0.25) is 11.8 Å². The zero-order valence-electron chi connectivity index (χ0n) is 23.9. The number of carbonyl (C=O) groups excluding carboxylic acids is 2. The van der Waals surface area contributed by atoms with Gasteiger partial charge in [0.1, 0.15) is 12.6 Å². The normalized spacial score (nSPS) is 12.9. The SMILES string of the molecule is CCC(C)NC(=O)C(C)N(Cc1ccccc1C)C(=O)CN(c1cccc(Cl)c1C)S(=O)(=O)c1ccc(C)cc1. The highest BCUT2D eigenvalue weighted by molar-refractivity contribution is 7.92. The molecule has 0 fully saturated rings. The molecule has 0 aliphatic heterocycles. The number of benzene rings is 3. The summed E-state index contributed by atoms with van der Waals surface area (Å²) >= 11 is 6.38. The third-order valence-electron chi connectivity index (χ3n) is 7.17. The summed E-state index contributed by atoms with van der Waals surface area (Å²) in [6.45, 7) is 10.7. The lowest BCUT2D eigenvalue weighted by Crippen LogP contribution is -2.52. The van der Waals surface area contributed by atoms with Crippen LogP contribution in [0, 0.1) is 20.8 Å². The molecule has 0 heterocycles. The third kappa shape index (κ3) is 7.23. The number of amides is 2. The van der Waals surface area contributed by atoms with Crippen LogP contribution in [0.25, 0.3) is 0 Å². The standard InChI is InChI=1S/C31H38ClN3O4S/c1-7-23(4)33-31(37)25(6)34(19-26-12-9-8-11-22(26)3)30(36)20-35(29-14-10-13-28(32)24(29)5)40(38,39)27-17-15-21(2)16-18-27/h8-18,23,25H,7,19-20H2,1-6H3,(H,33,37). The summed E-state index contributed by atoms with van der Waals surface area (Å²) in [4.78, 5) is 28.8. The number of carbonyl (C=O) groups is 2. The van der Waals surface area contributed by atoms with Crippen LogP contribution in [-0.4, -0.2) is 43.8 Å². The van der Waals surface area contributed by atoms with Crippen molar-refractivity contribution in [3.63, 3.8) is 0 Å². The van der Waals surface area contributed by atoms with Crippen LogP contribution in [-0.2, 0) is 26.2 Å². The van der Waals surface area contributed by atoms with Gasteiger partial charge in [-0.05, 0) is 82.0 Å². The van der Waals surface area contributed by atoms with E-state index >= 15 is 0 Å². The van der Waals surface area contributed by atoms with Crippen LogP contribution in [0.5, 0.6) is 0 Å². The predicted molar refractivity (Wildman–Crippen MR) is 161 cm³/mol. The van der Waals surface area contributed by atoms with E-state index in [2.05, 4.69) is 5.32 Å². The first-order valence-electron chi connectivity index (χ1n) is 13.4. The number of rotatable bonds is 11. The summed E-state index contributed by atoms with van der Waals surface area (Å²) in [6.07, 6.45) is 0.737. The zero-order valence-corrected chi connectivity index (χ0v) is 25.5. The molecule has 0 radical (unpaired) electrons. The van der Waals surface area contributed by atoms with Crippen molar-refractivity contribution >= 4 is 39.1 Å². The smallest absolute Gasteiger partial charge is 0.264 e. The van der Waals surface area contributed by atoms with E-state index in [-0.39, 0.29) is 23.4 Å². The molecule has 0 saturated carbocycles. The van der Waals surface area contributed by atoms with Crippen LogP contribution in [0.3, 0.4) is 0 Å². The molecule has 2 atom stereocenters. The Balaban J connectivity index is 2.08. The van der Waals surface area contributed by atoms with E-state index in [1.54, 1.807) is 44.2 Å². The monoisotopic (exact) mass is 583 g/mol. The molecule has 9 heteroatoms. The van der Waals surface area contributed by atoms with Crippen LogP contribution in [0.4, 0.5) is 5.69 Å². The fraction of sp³-hybridized carbons (Fsp3) is 0.355. The Morgan fingerprint density at radius 3 is 2.20 bits per heavy atom. The van der Waals surface area contributed by atoms with Gasteiger partial charge >= 0.3 is 0 Å². The second-order valence-electron chi connectivity index (χ2n) is 10.2. The van der Waals surface area contributed by atoms with Crippen molar-refractivity contribution in [1.82, 2.24) is 10.2 Å². The number of sulfonamides is 1. The maximum atomic E-state index is 14.1. The molecule has 3 rings (SSSR count). The summed E-state index contributed by atoms with van der Waals surface area (Å²) in [6, 6.07) is 18.1. The first kappa shape index (κ1) is 31.2. The van der Waals surface area contributed by atoms with Crippen LogP contribution in [0.15, 0.2) is 71.6 Å². The average molecular weight is 584 g/mol. The summed E-state index contributed by atoms with van der Waals surface area (Å²) < 4.78 is 29.1. The van der Waals surface area contributed by atoms with E-state index in [1.165, 1.54) is 17.0 Å². The Hall–Kier alpha value is -3.36. The molecule has 1 N–H and O–H groups in total. The van der Waals surface area contributed by atoms with E-state index in [1.807, 2.05) is 52.0 Å². The molecule has 40 heavy (non-hydrogen) atoms. The maximum Gasteiger partial charge on any atom is 0.264 e. The molecule has 214 valence electrons. The fourth-order valence-electron chi connectivity index (χ4n) is 4.24. The quantitative estimate of drug-likeness (QED) is 0.309. The molecule has 0 aliphatic carbocycles. The minimum atomic E-state index is -4.16. The lowest BCUT2D eigenvalue weighted by molar-refractivity contribution is -0.139. The van der Waals surface area contributed by atoms with Crippen molar-refractivity contribution in [2.75, 3.05) is 10.8 Å². The largest absolute Gasteiger partial charge is 0.352 e. The fourth-order valence-corrected chi connectivity index (χ4v) is 5.88. The maximum absolute atomic E-state index is 14.1. The Morgan fingerprint density at radius 2 is 1.57 bits per heavy atom. The Morgan fingerprint density at radius 1 is 0.925 bits per heavy atom. The highest BCUT2D eigenvalue weighted by atomic mass is 35.5. The number of anilines is 1. The third-order valence-corrected chi connectivity index (χ3v) is 9.35. The molecule has 2 amide bonds. The van der Waals surface area contributed by atoms with Gasteiger partial charge in [0.05, 0.1) is 10.6 Å². The topological polar surface area (TPSA) is 86.8 Å². The van der Waals surface area contributed by atoms with Crippen LogP contribution in [0.1, 0.15) is 49.4 Å². The number of nitrogens with one attached hydrogen (secondary N) is 1. The van der Waals surface area contributed by atoms with E-state index in [0.29, 0.717) is 16.3 Å². The summed E-state index contributed by atoms with van der Waals surface area (Å²) in [5, 5.41) is 3.33. The Labute approximate surface area is 243 Å². The van der Waals surface area contributed by atoms with Crippen LogP contribution < -0.4 is 9.62 Å². The van der Waals surface area contributed by atoms with E-state index in [9.17, 15) is 18.0 Å². The first-order chi connectivity index (χ1) is 18.9. The molecule has 0 aromatic heterocycles. The van der Waals surface area contributed by atoms with E-state index < -0.39 is 28.5 Å². The van der Waals surface area contributed by atoms with Gasteiger partial charge in [0, 0.05) is 17.6 Å². The lowest BCUT2D eigenvalue weighted by Gasteiger charge is -2.33. The summed E-state index contributed by atoms with van der Waals surface area (Å²) in [7, 11) is -4.16. The average Bonchev–Trinajstić information content (AvgIpc) is 2.92. The highest BCUT2D eigenvalue weighted by Crippen LogP contribution is 2.31.